The van der Waals surface area contributed by atoms with Crippen LogP contribution in [0.4, 0.5) is 0 Å². The van der Waals surface area contributed by atoms with Crippen molar-refractivity contribution in [3.05, 3.63) is 36.5 Å². The summed E-state index contributed by atoms with van der Waals surface area (Å²) in [5.41, 5.74) is 0. The summed E-state index contributed by atoms with van der Waals surface area (Å²) >= 11 is 0. The summed E-state index contributed by atoms with van der Waals surface area (Å²) in [5.74, 6) is -0.215. The molecule has 2 fully saturated rings. The Labute approximate surface area is 404 Å². The first-order chi connectivity index (χ1) is 32.6. The third kappa shape index (κ3) is 26.8. The Kier molecular flexibility index (Phi) is 36.5. The monoisotopic (exact) mass is 956 g/mol. The molecule has 2 rings (SSSR count). The zero-order valence-electron chi connectivity index (χ0n) is 41.6. The van der Waals surface area contributed by atoms with Crippen LogP contribution in [0.25, 0.3) is 0 Å². The predicted molar refractivity (Wildman–Crippen MR) is 263 cm³/mol. The third-order valence-electron chi connectivity index (χ3n) is 13.1. The van der Waals surface area contributed by atoms with Crippen LogP contribution in [-0.4, -0.2) is 140 Å². The van der Waals surface area contributed by atoms with Gasteiger partial charge in [-0.2, -0.15) is 0 Å². The minimum absolute atomic E-state index is 0.215. The first kappa shape index (κ1) is 61.3. The molecule has 2 heterocycles. The lowest BCUT2D eigenvalue weighted by Crippen LogP contribution is -2.65. The molecule has 2 aliphatic heterocycles. The van der Waals surface area contributed by atoms with E-state index in [0.717, 1.165) is 70.6 Å². The second-order valence-electron chi connectivity index (χ2n) is 19.0. The molecule has 9 N–H and O–H groups in total. The second-order valence-corrected chi connectivity index (χ2v) is 19.0. The van der Waals surface area contributed by atoms with Crippen LogP contribution in [0.3, 0.4) is 0 Å². The molecule has 14 nitrogen and oxygen atoms in total. The van der Waals surface area contributed by atoms with Gasteiger partial charge in [-0.15, -0.1) is 0 Å². The summed E-state index contributed by atoms with van der Waals surface area (Å²) in [7, 11) is 0. The van der Waals surface area contributed by atoms with Gasteiger partial charge in [-0.1, -0.05) is 179 Å². The van der Waals surface area contributed by atoms with E-state index in [1.54, 1.807) is 0 Å². The molecular weight excluding hydrogens is 859 g/mol. The molecule has 12 unspecified atom stereocenters. The number of carbonyl (C=O) groups excluding carboxylic acids is 1. The van der Waals surface area contributed by atoms with E-state index in [1.165, 1.54) is 103 Å². The van der Waals surface area contributed by atoms with Gasteiger partial charge in [0.05, 0.1) is 32.0 Å². The van der Waals surface area contributed by atoms with Crippen molar-refractivity contribution in [1.82, 2.24) is 5.32 Å². The normalized spacial score (nSPS) is 26.8. The van der Waals surface area contributed by atoms with E-state index in [9.17, 15) is 45.6 Å². The summed E-state index contributed by atoms with van der Waals surface area (Å²) in [6, 6.07) is -0.828. The number of unbranched alkanes of at least 4 members (excludes halogenated alkanes) is 22. The lowest BCUT2D eigenvalue weighted by molar-refractivity contribution is -0.359. The lowest BCUT2D eigenvalue weighted by Gasteiger charge is -2.46. The van der Waals surface area contributed by atoms with Crippen molar-refractivity contribution in [3.8, 4) is 0 Å². The SMILES string of the molecule is CCCCCCC/C=C\C/C=C\C/C=C\CCCCCCCCCCCCC(=O)NC(COC1OC(CO)C(OC2OC(CO)C(O)C(O)C2O)C(O)C1O)C(O)CCCCCCCCCC. The Hall–Kier alpha value is -1.79. The summed E-state index contributed by atoms with van der Waals surface area (Å²) in [6.45, 7) is 2.79. The van der Waals surface area contributed by atoms with Crippen LogP contribution in [0.5, 0.6) is 0 Å². The molecule has 0 saturated carbocycles. The summed E-state index contributed by atoms with van der Waals surface area (Å²) in [5, 5.41) is 86.7. The molecule has 0 radical (unpaired) electrons. The highest BCUT2D eigenvalue weighted by atomic mass is 16.7. The Morgan fingerprint density at radius 3 is 1.51 bits per heavy atom. The largest absolute Gasteiger partial charge is 0.394 e. The van der Waals surface area contributed by atoms with Crippen LogP contribution in [0.15, 0.2) is 36.5 Å². The number of aliphatic hydroxyl groups excluding tert-OH is 8. The van der Waals surface area contributed by atoms with Crippen LogP contribution >= 0.6 is 0 Å². The zero-order chi connectivity index (χ0) is 48.9. The van der Waals surface area contributed by atoms with Gasteiger partial charge in [-0.05, 0) is 51.4 Å². The Bertz CT molecular complexity index is 1270. The number of aliphatic hydroxyl groups is 8. The van der Waals surface area contributed by atoms with E-state index >= 15 is 0 Å². The van der Waals surface area contributed by atoms with Crippen molar-refractivity contribution in [3.63, 3.8) is 0 Å². The summed E-state index contributed by atoms with van der Waals surface area (Å²) in [6.07, 6.45) is 28.9. The average molecular weight is 956 g/mol. The number of carbonyl (C=O) groups is 1. The first-order valence-corrected chi connectivity index (χ1v) is 26.7. The number of hydrogen-bond donors (Lipinski definition) is 9. The van der Waals surface area contributed by atoms with Gasteiger partial charge in [0.1, 0.15) is 48.8 Å². The van der Waals surface area contributed by atoms with E-state index < -0.39 is 86.8 Å². The van der Waals surface area contributed by atoms with Gasteiger partial charge in [0.25, 0.3) is 0 Å². The molecule has 14 heteroatoms. The molecule has 67 heavy (non-hydrogen) atoms. The van der Waals surface area contributed by atoms with Crippen molar-refractivity contribution in [2.24, 2.45) is 0 Å². The standard InChI is InChI=1S/C53H97NO13/c1-3-5-7-9-11-13-14-15-16-17-18-19-20-21-22-23-24-25-26-27-28-29-31-33-35-37-45(58)54-41(42(57)36-34-32-30-12-10-8-6-4-2)40-64-52-50(63)48(61)51(44(39-56)66-52)67-53-49(62)47(60)46(59)43(38-55)65-53/h14-15,17-18,20-21,41-44,46-53,55-57,59-63H,3-13,16,19,22-40H2,1-2H3,(H,54,58)/b15-14-,18-17-,21-20-. The average Bonchev–Trinajstić information content (AvgIpc) is 3.32. The fraction of sp³-hybridized carbons (Fsp3) is 0.868. The quantitative estimate of drug-likeness (QED) is 0.0214. The maximum absolute atomic E-state index is 13.2. The van der Waals surface area contributed by atoms with Crippen LogP contribution in [0.2, 0.25) is 0 Å². The Balaban J connectivity index is 1.70. The molecule has 2 aliphatic rings. The molecule has 0 spiro atoms. The van der Waals surface area contributed by atoms with E-state index in [0.29, 0.717) is 12.8 Å². The van der Waals surface area contributed by atoms with E-state index in [-0.39, 0.29) is 12.5 Å². The Morgan fingerprint density at radius 1 is 0.537 bits per heavy atom. The molecule has 0 bridgehead atoms. The van der Waals surface area contributed by atoms with Gasteiger partial charge in [-0.3, -0.25) is 4.79 Å². The molecule has 12 atom stereocenters. The van der Waals surface area contributed by atoms with Crippen molar-refractivity contribution in [1.29, 1.82) is 0 Å². The molecule has 0 aromatic heterocycles. The van der Waals surface area contributed by atoms with Gasteiger partial charge >= 0.3 is 0 Å². The van der Waals surface area contributed by atoms with Crippen LogP contribution in [-0.2, 0) is 23.7 Å². The highest BCUT2D eigenvalue weighted by molar-refractivity contribution is 5.76. The molecule has 0 aromatic rings. The number of nitrogens with one attached hydrogen (secondary N) is 1. The van der Waals surface area contributed by atoms with E-state index in [4.69, 9.17) is 18.9 Å². The lowest BCUT2D eigenvalue weighted by atomic mass is 9.97. The topological polar surface area (TPSA) is 228 Å². The van der Waals surface area contributed by atoms with Crippen LogP contribution in [0, 0.1) is 0 Å². The van der Waals surface area contributed by atoms with Crippen LogP contribution < -0.4 is 5.32 Å². The highest BCUT2D eigenvalue weighted by Gasteiger charge is 2.51. The van der Waals surface area contributed by atoms with Gasteiger partial charge in [0.2, 0.25) is 5.91 Å². The number of hydrogen-bond acceptors (Lipinski definition) is 13. The third-order valence-corrected chi connectivity index (χ3v) is 13.1. The number of amides is 1. The molecule has 392 valence electrons. The maximum Gasteiger partial charge on any atom is 0.220 e. The fourth-order valence-electron chi connectivity index (χ4n) is 8.71. The van der Waals surface area contributed by atoms with Gasteiger partial charge in [0.15, 0.2) is 12.6 Å². The molecular formula is C53H97NO13. The smallest absolute Gasteiger partial charge is 0.220 e. The summed E-state index contributed by atoms with van der Waals surface area (Å²) in [4.78, 5) is 13.2. The predicted octanol–water partition coefficient (Wildman–Crippen LogP) is 7.49. The van der Waals surface area contributed by atoms with Gasteiger partial charge in [0, 0.05) is 6.42 Å². The van der Waals surface area contributed by atoms with Gasteiger partial charge < -0.3 is 65.1 Å². The fourth-order valence-corrected chi connectivity index (χ4v) is 8.71. The van der Waals surface area contributed by atoms with Crippen LogP contribution in [0.1, 0.15) is 200 Å². The Morgan fingerprint density at radius 2 is 0.985 bits per heavy atom. The zero-order valence-corrected chi connectivity index (χ0v) is 41.6. The van der Waals surface area contributed by atoms with Gasteiger partial charge in [-0.25, -0.2) is 0 Å². The number of ether oxygens (including phenoxy) is 4. The highest BCUT2D eigenvalue weighted by Crippen LogP contribution is 2.30. The van der Waals surface area contributed by atoms with Crippen molar-refractivity contribution >= 4 is 5.91 Å². The minimum Gasteiger partial charge on any atom is -0.394 e. The molecule has 2 saturated heterocycles. The molecule has 1 amide bonds. The van der Waals surface area contributed by atoms with E-state index in [1.807, 2.05) is 0 Å². The molecule has 0 aromatic carbocycles. The van der Waals surface area contributed by atoms with Crippen molar-refractivity contribution in [2.75, 3.05) is 19.8 Å². The number of allylic oxidation sites excluding steroid dienone is 6. The number of rotatable bonds is 41. The maximum atomic E-state index is 13.2. The molecule has 0 aliphatic carbocycles. The second kappa shape index (κ2) is 39.9. The van der Waals surface area contributed by atoms with E-state index in [2.05, 4.69) is 55.6 Å². The first-order valence-electron chi connectivity index (χ1n) is 26.7. The summed E-state index contributed by atoms with van der Waals surface area (Å²) < 4.78 is 22.7. The van der Waals surface area contributed by atoms with Crippen molar-refractivity contribution in [2.45, 2.75) is 274 Å². The van der Waals surface area contributed by atoms with Crippen molar-refractivity contribution < 1.29 is 64.6 Å². The minimum atomic E-state index is -1.78.